The smallest absolute Gasteiger partial charge is 0.0468 e. The van der Waals surface area contributed by atoms with Crippen LogP contribution in [-0.4, -0.2) is 19.3 Å². The third-order valence-corrected chi connectivity index (χ3v) is 4.77. The van der Waals surface area contributed by atoms with Crippen LogP contribution in [0.5, 0.6) is 0 Å². The molecule has 1 aliphatic heterocycles. The SMILES string of the molecule is CC1CCC(C(CC2CCOCC2)NN)CC1. The van der Waals surface area contributed by atoms with Crippen molar-refractivity contribution in [1.29, 1.82) is 0 Å². The summed E-state index contributed by atoms with van der Waals surface area (Å²) in [5.74, 6) is 8.33. The highest BCUT2D eigenvalue weighted by molar-refractivity contribution is 4.82. The average Bonchev–Trinajstić information content (AvgIpc) is 2.38. The fourth-order valence-corrected chi connectivity index (χ4v) is 3.43. The highest BCUT2D eigenvalue weighted by Crippen LogP contribution is 2.33. The average molecular weight is 240 g/mol. The van der Waals surface area contributed by atoms with Gasteiger partial charge in [-0.25, -0.2) is 0 Å². The quantitative estimate of drug-likeness (QED) is 0.586. The Balaban J connectivity index is 1.78. The minimum absolute atomic E-state index is 0.533. The lowest BCUT2D eigenvalue weighted by atomic mass is 9.76. The van der Waals surface area contributed by atoms with Gasteiger partial charge in [-0.15, -0.1) is 0 Å². The summed E-state index contributed by atoms with van der Waals surface area (Å²) in [6, 6.07) is 0.533. The topological polar surface area (TPSA) is 47.3 Å². The maximum absolute atomic E-state index is 5.77. The Labute approximate surface area is 105 Å². The first-order valence-corrected chi connectivity index (χ1v) is 7.33. The van der Waals surface area contributed by atoms with E-state index in [9.17, 15) is 0 Å². The van der Waals surface area contributed by atoms with Crippen LogP contribution in [0.15, 0.2) is 0 Å². The van der Waals surface area contributed by atoms with Gasteiger partial charge >= 0.3 is 0 Å². The van der Waals surface area contributed by atoms with Gasteiger partial charge in [0.25, 0.3) is 0 Å². The van der Waals surface area contributed by atoms with Crippen LogP contribution in [-0.2, 0) is 4.74 Å². The zero-order valence-electron chi connectivity index (χ0n) is 11.2. The van der Waals surface area contributed by atoms with E-state index >= 15 is 0 Å². The Hall–Kier alpha value is -0.120. The van der Waals surface area contributed by atoms with E-state index in [1.54, 1.807) is 0 Å². The predicted molar refractivity (Wildman–Crippen MR) is 70.4 cm³/mol. The second-order valence-corrected chi connectivity index (χ2v) is 6.08. The van der Waals surface area contributed by atoms with Gasteiger partial charge in [-0.05, 0) is 49.9 Å². The van der Waals surface area contributed by atoms with Gasteiger partial charge in [0, 0.05) is 19.3 Å². The van der Waals surface area contributed by atoms with Crippen molar-refractivity contribution in [2.45, 2.75) is 57.9 Å². The molecule has 17 heavy (non-hydrogen) atoms. The van der Waals surface area contributed by atoms with Crippen LogP contribution >= 0.6 is 0 Å². The Morgan fingerprint density at radius 2 is 1.76 bits per heavy atom. The van der Waals surface area contributed by atoms with E-state index in [0.717, 1.165) is 31.0 Å². The minimum Gasteiger partial charge on any atom is -0.381 e. The molecule has 3 nitrogen and oxygen atoms in total. The molecule has 0 bridgehead atoms. The number of nitrogens with two attached hydrogens (primary N) is 1. The summed E-state index contributed by atoms with van der Waals surface area (Å²) in [4.78, 5) is 0. The first-order valence-electron chi connectivity index (χ1n) is 7.33. The Bertz CT molecular complexity index is 208. The molecule has 100 valence electrons. The van der Waals surface area contributed by atoms with E-state index in [0.29, 0.717) is 6.04 Å². The van der Waals surface area contributed by atoms with Crippen molar-refractivity contribution >= 4 is 0 Å². The lowest BCUT2D eigenvalue weighted by Crippen LogP contribution is -2.43. The van der Waals surface area contributed by atoms with Crippen molar-refractivity contribution in [3.8, 4) is 0 Å². The van der Waals surface area contributed by atoms with Gasteiger partial charge in [0.15, 0.2) is 0 Å². The van der Waals surface area contributed by atoms with E-state index < -0.39 is 0 Å². The maximum atomic E-state index is 5.77. The number of hydrazine groups is 1. The van der Waals surface area contributed by atoms with Crippen LogP contribution in [0.25, 0.3) is 0 Å². The van der Waals surface area contributed by atoms with Gasteiger partial charge in [0.1, 0.15) is 0 Å². The molecule has 1 aliphatic carbocycles. The van der Waals surface area contributed by atoms with Crippen molar-refractivity contribution in [2.75, 3.05) is 13.2 Å². The molecule has 0 spiro atoms. The van der Waals surface area contributed by atoms with Crippen LogP contribution in [0.1, 0.15) is 51.9 Å². The van der Waals surface area contributed by atoms with Crippen molar-refractivity contribution in [1.82, 2.24) is 5.43 Å². The Kier molecular flexibility index (Phi) is 5.26. The highest BCUT2D eigenvalue weighted by Gasteiger charge is 2.28. The lowest BCUT2D eigenvalue weighted by Gasteiger charge is -2.35. The molecule has 2 rings (SSSR count). The van der Waals surface area contributed by atoms with Crippen molar-refractivity contribution < 1.29 is 4.74 Å². The molecule has 0 aromatic rings. The first-order chi connectivity index (χ1) is 8.29. The fraction of sp³-hybridized carbons (Fsp3) is 1.00. The number of ether oxygens (including phenoxy) is 1. The third-order valence-electron chi connectivity index (χ3n) is 4.77. The summed E-state index contributed by atoms with van der Waals surface area (Å²) < 4.78 is 5.42. The molecule has 1 heterocycles. The first kappa shape index (κ1) is 13.3. The number of nitrogens with one attached hydrogen (secondary N) is 1. The summed E-state index contributed by atoms with van der Waals surface area (Å²) in [6.45, 7) is 4.27. The molecule has 1 saturated carbocycles. The lowest BCUT2D eigenvalue weighted by molar-refractivity contribution is 0.0558. The second kappa shape index (κ2) is 6.72. The number of hydrogen-bond donors (Lipinski definition) is 2. The Morgan fingerprint density at radius 1 is 1.12 bits per heavy atom. The molecule has 3 heteroatoms. The molecule has 0 amide bonds. The van der Waals surface area contributed by atoms with E-state index in [1.807, 2.05) is 0 Å². The normalized spacial score (nSPS) is 33.5. The van der Waals surface area contributed by atoms with Crippen LogP contribution in [0.2, 0.25) is 0 Å². The standard InChI is InChI=1S/C14H28N2O/c1-11-2-4-13(5-3-11)14(16-15)10-12-6-8-17-9-7-12/h11-14,16H,2-10,15H2,1H3. The van der Waals surface area contributed by atoms with Crippen molar-refractivity contribution in [3.63, 3.8) is 0 Å². The van der Waals surface area contributed by atoms with Gasteiger partial charge in [0.05, 0.1) is 0 Å². The van der Waals surface area contributed by atoms with E-state index in [2.05, 4.69) is 12.3 Å². The molecule has 1 unspecified atom stereocenters. The third kappa shape index (κ3) is 3.94. The van der Waals surface area contributed by atoms with E-state index in [4.69, 9.17) is 10.6 Å². The molecule has 3 N–H and O–H groups in total. The van der Waals surface area contributed by atoms with Gasteiger partial charge < -0.3 is 4.74 Å². The van der Waals surface area contributed by atoms with Crippen LogP contribution in [0, 0.1) is 17.8 Å². The van der Waals surface area contributed by atoms with Gasteiger partial charge in [-0.3, -0.25) is 11.3 Å². The Morgan fingerprint density at radius 3 is 2.35 bits per heavy atom. The largest absolute Gasteiger partial charge is 0.381 e. The molecule has 1 saturated heterocycles. The van der Waals surface area contributed by atoms with Crippen molar-refractivity contribution in [3.05, 3.63) is 0 Å². The van der Waals surface area contributed by atoms with Crippen LogP contribution in [0.4, 0.5) is 0 Å². The molecule has 1 atom stereocenters. The van der Waals surface area contributed by atoms with E-state index in [1.165, 1.54) is 44.9 Å². The molecule has 2 fully saturated rings. The summed E-state index contributed by atoms with van der Waals surface area (Å²) in [5.41, 5.74) is 3.09. The van der Waals surface area contributed by atoms with Crippen LogP contribution < -0.4 is 11.3 Å². The number of hydrogen-bond acceptors (Lipinski definition) is 3. The summed E-state index contributed by atoms with van der Waals surface area (Å²) in [7, 11) is 0. The summed E-state index contributed by atoms with van der Waals surface area (Å²) >= 11 is 0. The van der Waals surface area contributed by atoms with Crippen LogP contribution in [0.3, 0.4) is 0 Å². The zero-order valence-corrected chi connectivity index (χ0v) is 11.2. The summed E-state index contributed by atoms with van der Waals surface area (Å²) in [6.07, 6.45) is 9.19. The predicted octanol–water partition coefficient (Wildman–Crippen LogP) is 2.46. The summed E-state index contributed by atoms with van der Waals surface area (Å²) in [5, 5.41) is 0. The zero-order chi connectivity index (χ0) is 12.1. The molecule has 2 aliphatic rings. The molecular weight excluding hydrogens is 212 g/mol. The van der Waals surface area contributed by atoms with Gasteiger partial charge in [-0.1, -0.05) is 19.8 Å². The number of rotatable bonds is 4. The fourth-order valence-electron chi connectivity index (χ4n) is 3.43. The highest BCUT2D eigenvalue weighted by atomic mass is 16.5. The molecule has 0 aromatic heterocycles. The molecule has 0 radical (unpaired) electrons. The molecular formula is C14H28N2O. The molecule has 0 aromatic carbocycles. The van der Waals surface area contributed by atoms with Gasteiger partial charge in [0.2, 0.25) is 0 Å². The van der Waals surface area contributed by atoms with Gasteiger partial charge in [-0.2, -0.15) is 0 Å². The van der Waals surface area contributed by atoms with Crippen molar-refractivity contribution in [2.24, 2.45) is 23.6 Å². The second-order valence-electron chi connectivity index (χ2n) is 6.08. The maximum Gasteiger partial charge on any atom is 0.0468 e. The van der Waals surface area contributed by atoms with E-state index in [-0.39, 0.29) is 0 Å². The monoisotopic (exact) mass is 240 g/mol. The minimum atomic E-state index is 0.533.